The van der Waals surface area contributed by atoms with Crippen LogP contribution in [0.15, 0.2) is 157 Å². The van der Waals surface area contributed by atoms with Crippen LogP contribution in [0.3, 0.4) is 0 Å². The van der Waals surface area contributed by atoms with Crippen molar-refractivity contribution < 1.29 is 0 Å². The van der Waals surface area contributed by atoms with Crippen LogP contribution in [0.25, 0.3) is 33.5 Å². The number of allylic oxidation sites excluding steroid dienone is 4. The zero-order valence-electron chi connectivity index (χ0n) is 28.7. The Hall–Kier alpha value is -5.21. The van der Waals surface area contributed by atoms with E-state index < -0.39 is 0 Å². The number of nitrogens with zero attached hydrogens (tertiary/aromatic N) is 2. The second-order valence-corrected chi connectivity index (χ2v) is 13.6. The molecule has 2 aliphatic rings. The highest BCUT2D eigenvalue weighted by Crippen LogP contribution is 2.46. The van der Waals surface area contributed by atoms with Crippen molar-refractivity contribution in [2.75, 3.05) is 7.05 Å². The van der Waals surface area contributed by atoms with E-state index in [9.17, 15) is 0 Å². The van der Waals surface area contributed by atoms with Crippen molar-refractivity contribution in [3.8, 4) is 22.3 Å². The summed E-state index contributed by atoms with van der Waals surface area (Å²) < 4.78 is 0. The number of hydrogen-bond acceptors (Lipinski definition) is 2. The van der Waals surface area contributed by atoms with Gasteiger partial charge in [-0.1, -0.05) is 171 Å². The van der Waals surface area contributed by atoms with E-state index >= 15 is 0 Å². The lowest BCUT2D eigenvalue weighted by Crippen LogP contribution is -2.30. The summed E-state index contributed by atoms with van der Waals surface area (Å²) in [6.07, 6.45) is 15.0. The van der Waals surface area contributed by atoms with E-state index in [1.54, 1.807) is 0 Å². The molecule has 0 radical (unpaired) electrons. The Kier molecular flexibility index (Phi) is 9.57. The Bertz CT molecular complexity index is 1940. The summed E-state index contributed by atoms with van der Waals surface area (Å²) in [4.78, 5) is 6.70. The molecule has 0 aromatic heterocycles. The third-order valence-electron chi connectivity index (χ3n) is 10.7. The van der Waals surface area contributed by atoms with Crippen molar-refractivity contribution in [2.24, 2.45) is 4.99 Å². The number of hydrogen-bond donors (Lipinski definition) is 0. The molecule has 1 unspecified atom stereocenters. The zero-order valence-corrected chi connectivity index (χ0v) is 28.7. The van der Waals surface area contributed by atoms with Crippen molar-refractivity contribution in [3.63, 3.8) is 0 Å². The summed E-state index contributed by atoms with van der Waals surface area (Å²) in [5.41, 5.74) is 13.5. The Morgan fingerprint density at radius 2 is 1.16 bits per heavy atom. The molecule has 0 amide bonds. The summed E-state index contributed by atoms with van der Waals surface area (Å²) in [5.74, 6) is 0. The predicted octanol–water partition coefficient (Wildman–Crippen LogP) is 12.3. The van der Waals surface area contributed by atoms with Gasteiger partial charge in [0.05, 0.1) is 0 Å². The first kappa shape index (κ1) is 32.3. The summed E-state index contributed by atoms with van der Waals surface area (Å²) in [7, 11) is 2.06. The van der Waals surface area contributed by atoms with E-state index in [2.05, 4.69) is 170 Å². The first-order chi connectivity index (χ1) is 24.1. The maximum absolute atomic E-state index is 4.57. The van der Waals surface area contributed by atoms with Gasteiger partial charge >= 0.3 is 0 Å². The molecule has 0 aliphatic heterocycles. The normalized spacial score (nSPS) is 16.0. The van der Waals surface area contributed by atoms with E-state index in [-0.39, 0.29) is 11.6 Å². The minimum Gasteiger partial charge on any atom is -0.349 e. The third-order valence-corrected chi connectivity index (χ3v) is 10.7. The lowest BCUT2D eigenvalue weighted by molar-refractivity contribution is 0.345. The fourth-order valence-corrected chi connectivity index (χ4v) is 7.83. The molecule has 5 aromatic carbocycles. The molecular weight excluding hydrogens is 593 g/mol. The molecule has 2 aliphatic carbocycles. The topological polar surface area (TPSA) is 15.6 Å². The maximum atomic E-state index is 4.57. The molecule has 0 bridgehead atoms. The first-order valence-corrected chi connectivity index (χ1v) is 17.8. The summed E-state index contributed by atoms with van der Waals surface area (Å²) in [6.45, 7) is 8.44. The van der Waals surface area contributed by atoms with E-state index in [4.69, 9.17) is 0 Å². The van der Waals surface area contributed by atoms with Gasteiger partial charge in [0.2, 0.25) is 0 Å². The minimum atomic E-state index is -0.228. The highest BCUT2D eigenvalue weighted by atomic mass is 15.2. The average molecular weight is 639 g/mol. The third kappa shape index (κ3) is 6.74. The van der Waals surface area contributed by atoms with Gasteiger partial charge in [-0.05, 0) is 88.0 Å². The largest absolute Gasteiger partial charge is 0.349 e. The van der Waals surface area contributed by atoms with E-state index in [1.165, 1.54) is 76.6 Å². The smallest absolute Gasteiger partial charge is 0.146 e. The van der Waals surface area contributed by atoms with Gasteiger partial charge in [0, 0.05) is 18.2 Å². The van der Waals surface area contributed by atoms with Crippen LogP contribution in [0.5, 0.6) is 0 Å². The molecule has 1 atom stereocenters. The van der Waals surface area contributed by atoms with E-state index in [1.807, 2.05) is 6.07 Å². The van der Waals surface area contributed by atoms with Crippen LogP contribution >= 0.6 is 0 Å². The van der Waals surface area contributed by atoms with Crippen LogP contribution in [-0.2, 0) is 5.41 Å². The van der Waals surface area contributed by atoms with Gasteiger partial charge < -0.3 is 4.90 Å². The standard InChI is InChI=1S/C47H46N2/c1-35(36-17-19-39(20-18-36)37-13-7-4-8-14-37)49(3)46(48-2)43-27-31-45(32-28-43)47(33-11-6-12-34-47)44-29-25-42(26-30-44)41-23-21-40(22-24-41)38-15-9-5-10-16-38/h4,7-9,13-32,46H,1-2,5-6,10-12,33-34H2,3H3. The summed E-state index contributed by atoms with van der Waals surface area (Å²) in [6, 6.07) is 46.7. The fourth-order valence-electron chi connectivity index (χ4n) is 7.83. The zero-order chi connectivity index (χ0) is 33.6. The second kappa shape index (κ2) is 14.5. The van der Waals surface area contributed by atoms with Gasteiger partial charge in [0.1, 0.15) is 6.17 Å². The van der Waals surface area contributed by atoms with Crippen LogP contribution in [0.2, 0.25) is 0 Å². The second-order valence-electron chi connectivity index (χ2n) is 13.6. The first-order valence-electron chi connectivity index (χ1n) is 17.8. The SMILES string of the molecule is C=NC(c1ccc(C2(c3ccc(-c4ccc(C5=CCCC=C5)cc4)cc3)CCCCC2)cc1)N(C)C(=C)c1ccc(-c2ccccc2)cc1. The highest BCUT2D eigenvalue weighted by Gasteiger charge is 2.36. The molecule has 0 heterocycles. The monoisotopic (exact) mass is 638 g/mol. The lowest BCUT2D eigenvalue weighted by Gasteiger charge is -2.39. The Balaban J connectivity index is 1.09. The quantitative estimate of drug-likeness (QED) is 0.139. The van der Waals surface area contributed by atoms with Crippen molar-refractivity contribution in [3.05, 3.63) is 180 Å². The van der Waals surface area contributed by atoms with Gasteiger partial charge in [-0.25, -0.2) is 0 Å². The Morgan fingerprint density at radius 3 is 1.73 bits per heavy atom. The van der Waals surface area contributed by atoms with Gasteiger partial charge in [-0.15, -0.1) is 0 Å². The number of benzene rings is 5. The van der Waals surface area contributed by atoms with E-state index in [0.29, 0.717) is 0 Å². The number of rotatable bonds is 10. The molecule has 2 heteroatoms. The van der Waals surface area contributed by atoms with Crippen molar-refractivity contribution in [2.45, 2.75) is 56.5 Å². The van der Waals surface area contributed by atoms with Crippen LogP contribution in [0.4, 0.5) is 0 Å². The average Bonchev–Trinajstić information content (AvgIpc) is 3.19. The molecule has 0 spiro atoms. The van der Waals surface area contributed by atoms with Crippen molar-refractivity contribution >= 4 is 18.0 Å². The maximum Gasteiger partial charge on any atom is 0.146 e. The molecule has 5 aromatic rings. The fraction of sp³-hybridized carbons (Fsp3) is 0.213. The molecule has 0 saturated heterocycles. The van der Waals surface area contributed by atoms with Crippen LogP contribution in [-0.4, -0.2) is 18.7 Å². The molecule has 1 fully saturated rings. The molecule has 7 rings (SSSR count). The molecule has 2 nitrogen and oxygen atoms in total. The van der Waals surface area contributed by atoms with Gasteiger partial charge in [0.25, 0.3) is 0 Å². The van der Waals surface area contributed by atoms with Crippen molar-refractivity contribution in [1.82, 2.24) is 4.90 Å². The molecule has 244 valence electrons. The predicted molar refractivity (Wildman–Crippen MR) is 210 cm³/mol. The summed E-state index contributed by atoms with van der Waals surface area (Å²) in [5, 5.41) is 0. The van der Waals surface area contributed by atoms with Gasteiger partial charge in [0.15, 0.2) is 0 Å². The van der Waals surface area contributed by atoms with Crippen LogP contribution < -0.4 is 0 Å². The van der Waals surface area contributed by atoms with Crippen LogP contribution in [0.1, 0.15) is 78.9 Å². The Morgan fingerprint density at radius 1 is 0.633 bits per heavy atom. The summed E-state index contributed by atoms with van der Waals surface area (Å²) >= 11 is 0. The lowest BCUT2D eigenvalue weighted by atomic mass is 9.65. The Labute approximate surface area is 292 Å². The van der Waals surface area contributed by atoms with Crippen molar-refractivity contribution in [1.29, 1.82) is 0 Å². The van der Waals surface area contributed by atoms with Gasteiger partial charge in [-0.2, -0.15) is 0 Å². The highest BCUT2D eigenvalue weighted by molar-refractivity contribution is 5.77. The van der Waals surface area contributed by atoms with Crippen LogP contribution in [0, 0.1) is 0 Å². The minimum absolute atomic E-state index is 0.0199. The molecule has 49 heavy (non-hydrogen) atoms. The number of aliphatic imine (C=N–C) groups is 1. The molecule has 0 N–H and O–H groups in total. The molecule has 1 saturated carbocycles. The van der Waals surface area contributed by atoms with E-state index in [0.717, 1.165) is 29.7 Å². The van der Waals surface area contributed by atoms with Gasteiger partial charge in [-0.3, -0.25) is 4.99 Å². The molecular formula is C47H46N2.